The first-order valence-corrected chi connectivity index (χ1v) is 5.85. The molecule has 5 heteroatoms. The standard InChI is InChI=1S/C14H14F2O3/c1-14(2,17)6-5-9-3-4-10(12(16)11(9)15)13-18-7-8-19-13/h3-4,13,17H,7-8H2,1-2H3. The Labute approximate surface area is 110 Å². The highest BCUT2D eigenvalue weighted by atomic mass is 19.2. The molecule has 0 amide bonds. The van der Waals surface area contributed by atoms with Crippen LogP contribution in [0.3, 0.4) is 0 Å². The van der Waals surface area contributed by atoms with Gasteiger partial charge in [0.05, 0.1) is 18.8 Å². The van der Waals surface area contributed by atoms with Gasteiger partial charge in [-0.05, 0) is 26.0 Å². The van der Waals surface area contributed by atoms with E-state index in [0.717, 1.165) is 0 Å². The van der Waals surface area contributed by atoms with E-state index in [1.165, 1.54) is 26.0 Å². The predicted molar refractivity (Wildman–Crippen MR) is 64.2 cm³/mol. The second-order valence-corrected chi connectivity index (χ2v) is 4.71. The van der Waals surface area contributed by atoms with Gasteiger partial charge in [0.15, 0.2) is 17.9 Å². The van der Waals surface area contributed by atoms with Crippen molar-refractivity contribution in [3.05, 3.63) is 34.9 Å². The van der Waals surface area contributed by atoms with Crippen LogP contribution in [0.1, 0.15) is 31.3 Å². The lowest BCUT2D eigenvalue weighted by atomic mass is 10.1. The molecule has 1 heterocycles. The Morgan fingerprint density at radius 1 is 1.21 bits per heavy atom. The van der Waals surface area contributed by atoms with Crippen molar-refractivity contribution in [1.29, 1.82) is 0 Å². The van der Waals surface area contributed by atoms with E-state index in [9.17, 15) is 13.9 Å². The lowest BCUT2D eigenvalue weighted by Gasteiger charge is -2.11. The minimum absolute atomic E-state index is 0.0174. The van der Waals surface area contributed by atoms with Crippen LogP contribution in [0.15, 0.2) is 12.1 Å². The van der Waals surface area contributed by atoms with Gasteiger partial charge in [-0.1, -0.05) is 11.8 Å². The smallest absolute Gasteiger partial charge is 0.186 e. The number of hydrogen-bond acceptors (Lipinski definition) is 3. The SMILES string of the molecule is CC(C)(O)C#Cc1ccc(C2OCCO2)c(F)c1F. The third-order valence-corrected chi connectivity index (χ3v) is 2.49. The number of benzene rings is 1. The van der Waals surface area contributed by atoms with Crippen molar-refractivity contribution in [2.75, 3.05) is 13.2 Å². The Kier molecular flexibility index (Phi) is 3.85. The lowest BCUT2D eigenvalue weighted by Crippen LogP contribution is -2.14. The van der Waals surface area contributed by atoms with Gasteiger partial charge in [0.2, 0.25) is 0 Å². The second-order valence-electron chi connectivity index (χ2n) is 4.71. The quantitative estimate of drug-likeness (QED) is 0.793. The third kappa shape index (κ3) is 3.29. The van der Waals surface area contributed by atoms with Gasteiger partial charge in [-0.25, -0.2) is 8.78 Å². The summed E-state index contributed by atoms with van der Waals surface area (Å²) in [6.45, 7) is 3.63. The summed E-state index contributed by atoms with van der Waals surface area (Å²) in [6.07, 6.45) is -0.870. The van der Waals surface area contributed by atoms with Gasteiger partial charge < -0.3 is 14.6 Å². The van der Waals surface area contributed by atoms with Crippen molar-refractivity contribution in [3.8, 4) is 11.8 Å². The van der Waals surface area contributed by atoms with Crippen LogP contribution >= 0.6 is 0 Å². The van der Waals surface area contributed by atoms with Gasteiger partial charge in [-0.15, -0.1) is 0 Å². The van der Waals surface area contributed by atoms with Crippen molar-refractivity contribution in [3.63, 3.8) is 0 Å². The maximum absolute atomic E-state index is 13.9. The third-order valence-electron chi connectivity index (χ3n) is 2.49. The average Bonchev–Trinajstić information content (AvgIpc) is 2.83. The summed E-state index contributed by atoms with van der Waals surface area (Å²) in [5.41, 5.74) is -1.36. The highest BCUT2D eigenvalue weighted by Crippen LogP contribution is 2.28. The molecule has 1 aliphatic rings. The van der Waals surface area contributed by atoms with Crippen molar-refractivity contribution in [1.82, 2.24) is 0 Å². The monoisotopic (exact) mass is 268 g/mol. The second kappa shape index (κ2) is 5.25. The maximum atomic E-state index is 13.9. The zero-order valence-corrected chi connectivity index (χ0v) is 10.7. The largest absolute Gasteiger partial charge is 0.378 e. The normalized spacial score (nSPS) is 16.3. The van der Waals surface area contributed by atoms with Crippen LogP contribution < -0.4 is 0 Å². The molecule has 1 saturated heterocycles. The summed E-state index contributed by atoms with van der Waals surface area (Å²) in [6, 6.07) is 2.72. The van der Waals surface area contributed by atoms with Gasteiger partial charge in [0.1, 0.15) is 5.60 Å². The molecule has 3 nitrogen and oxygen atoms in total. The zero-order chi connectivity index (χ0) is 14.0. The topological polar surface area (TPSA) is 38.7 Å². The van der Waals surface area contributed by atoms with Gasteiger partial charge in [-0.3, -0.25) is 0 Å². The van der Waals surface area contributed by atoms with Crippen LogP contribution in [-0.4, -0.2) is 23.9 Å². The van der Waals surface area contributed by atoms with E-state index < -0.39 is 23.5 Å². The Balaban J connectivity index is 2.33. The van der Waals surface area contributed by atoms with E-state index in [0.29, 0.717) is 13.2 Å². The molecule has 1 aromatic carbocycles. The number of aliphatic hydroxyl groups is 1. The van der Waals surface area contributed by atoms with Crippen molar-refractivity contribution >= 4 is 0 Å². The Morgan fingerprint density at radius 2 is 1.84 bits per heavy atom. The summed E-state index contributed by atoms with van der Waals surface area (Å²) in [4.78, 5) is 0. The first kappa shape index (κ1) is 13.9. The van der Waals surface area contributed by atoms with Crippen molar-refractivity contribution < 1.29 is 23.4 Å². The molecule has 102 valence electrons. The molecule has 1 aromatic rings. The van der Waals surface area contributed by atoms with Gasteiger partial charge >= 0.3 is 0 Å². The van der Waals surface area contributed by atoms with Crippen molar-refractivity contribution in [2.45, 2.75) is 25.7 Å². The number of hydrogen-bond donors (Lipinski definition) is 1. The number of rotatable bonds is 1. The van der Waals surface area contributed by atoms with Crippen LogP contribution in [0.4, 0.5) is 8.78 Å². The zero-order valence-electron chi connectivity index (χ0n) is 10.7. The fourth-order valence-electron chi connectivity index (χ4n) is 1.60. The van der Waals surface area contributed by atoms with E-state index in [-0.39, 0.29) is 11.1 Å². The van der Waals surface area contributed by atoms with E-state index in [4.69, 9.17) is 9.47 Å². The molecule has 0 aromatic heterocycles. The minimum atomic E-state index is -1.26. The molecule has 19 heavy (non-hydrogen) atoms. The summed E-state index contributed by atoms with van der Waals surface area (Å²) in [5, 5.41) is 9.44. The summed E-state index contributed by atoms with van der Waals surface area (Å²) in [5.74, 6) is 2.75. The molecule has 1 N–H and O–H groups in total. The van der Waals surface area contributed by atoms with Crippen LogP contribution in [0.2, 0.25) is 0 Å². The molecule has 0 bridgehead atoms. The molecule has 0 aliphatic carbocycles. The van der Waals surface area contributed by atoms with Crippen molar-refractivity contribution in [2.24, 2.45) is 0 Å². The average molecular weight is 268 g/mol. The molecule has 0 atom stereocenters. The molecular formula is C14H14F2O3. The number of halogens is 2. The first-order chi connectivity index (χ1) is 8.88. The molecule has 0 spiro atoms. The highest BCUT2D eigenvalue weighted by molar-refractivity contribution is 5.40. The minimum Gasteiger partial charge on any atom is -0.378 e. The molecule has 0 unspecified atom stereocenters. The summed E-state index contributed by atoms with van der Waals surface area (Å²) in [7, 11) is 0. The molecule has 0 saturated carbocycles. The Hall–Kier alpha value is -1.48. The van der Waals surface area contributed by atoms with Crippen LogP contribution in [0.5, 0.6) is 0 Å². The molecule has 1 fully saturated rings. The molecule has 2 rings (SSSR count). The predicted octanol–water partition coefficient (Wildman–Crippen LogP) is 2.13. The molecular weight excluding hydrogens is 254 g/mol. The molecule has 1 aliphatic heterocycles. The fraction of sp³-hybridized carbons (Fsp3) is 0.429. The van der Waals surface area contributed by atoms with E-state index in [2.05, 4.69) is 11.8 Å². The Bertz CT molecular complexity index is 532. The highest BCUT2D eigenvalue weighted by Gasteiger charge is 2.24. The Morgan fingerprint density at radius 3 is 2.42 bits per heavy atom. The van der Waals surface area contributed by atoms with Crippen LogP contribution in [0, 0.1) is 23.5 Å². The van der Waals surface area contributed by atoms with E-state index in [1.54, 1.807) is 0 Å². The van der Waals surface area contributed by atoms with E-state index >= 15 is 0 Å². The van der Waals surface area contributed by atoms with E-state index in [1.807, 2.05) is 0 Å². The lowest BCUT2D eigenvalue weighted by molar-refractivity contribution is -0.0468. The summed E-state index contributed by atoms with van der Waals surface area (Å²) < 4.78 is 37.9. The first-order valence-electron chi connectivity index (χ1n) is 5.85. The van der Waals surface area contributed by atoms with Crippen LogP contribution in [-0.2, 0) is 9.47 Å². The molecule has 0 radical (unpaired) electrons. The number of ether oxygens (including phenoxy) is 2. The van der Waals surface area contributed by atoms with Gasteiger partial charge in [0.25, 0.3) is 0 Å². The maximum Gasteiger partial charge on any atom is 0.186 e. The summed E-state index contributed by atoms with van der Waals surface area (Å²) >= 11 is 0. The van der Waals surface area contributed by atoms with Gasteiger partial charge in [-0.2, -0.15) is 0 Å². The van der Waals surface area contributed by atoms with Crippen LogP contribution in [0.25, 0.3) is 0 Å². The fourth-order valence-corrected chi connectivity index (χ4v) is 1.60. The van der Waals surface area contributed by atoms with Gasteiger partial charge in [0, 0.05) is 5.56 Å².